The quantitative estimate of drug-likeness (QED) is 0.294. The van der Waals surface area contributed by atoms with Gasteiger partial charge in [-0.05, 0) is 25.2 Å². The van der Waals surface area contributed by atoms with Gasteiger partial charge in [-0.15, -0.1) is 0 Å². The van der Waals surface area contributed by atoms with E-state index in [9.17, 15) is 19.2 Å². The van der Waals surface area contributed by atoms with Crippen molar-refractivity contribution in [3.05, 3.63) is 6.92 Å². The predicted molar refractivity (Wildman–Crippen MR) is 78.7 cm³/mol. The highest BCUT2D eigenvalue weighted by molar-refractivity contribution is 5.93. The van der Waals surface area contributed by atoms with E-state index in [0.29, 0.717) is 25.7 Å². The maximum atomic E-state index is 11.1. The zero-order chi connectivity index (χ0) is 18.0. The number of rotatable bonds is 13. The van der Waals surface area contributed by atoms with Crippen molar-refractivity contribution >= 4 is 23.9 Å². The maximum Gasteiger partial charge on any atom is 0.318 e. The Kier molecular flexibility index (Phi) is 9.60. The highest BCUT2D eigenvalue weighted by Gasteiger charge is 2.34. The zero-order valence-corrected chi connectivity index (χ0v) is 12.8. The molecular weight excluding hydrogens is 308 g/mol. The van der Waals surface area contributed by atoms with Crippen LogP contribution in [-0.4, -0.2) is 44.3 Å². The summed E-state index contributed by atoms with van der Waals surface area (Å²) in [6.07, 6.45) is 2.41. The van der Waals surface area contributed by atoms with Crippen molar-refractivity contribution < 1.29 is 39.6 Å². The molecule has 131 valence electrons. The summed E-state index contributed by atoms with van der Waals surface area (Å²) in [6.45, 7) is 3.64. The Bertz CT molecular complexity index is 403. The first-order valence-electron chi connectivity index (χ1n) is 7.42. The van der Waals surface area contributed by atoms with Gasteiger partial charge in [-0.2, -0.15) is 0 Å². The van der Waals surface area contributed by atoms with Gasteiger partial charge in [0.05, 0.1) is 0 Å². The third kappa shape index (κ3) is 7.62. The maximum absolute atomic E-state index is 11.1. The molecule has 4 N–H and O–H groups in total. The molecule has 8 nitrogen and oxygen atoms in total. The second-order valence-electron chi connectivity index (χ2n) is 5.42. The number of aliphatic carboxylic acids is 4. The van der Waals surface area contributed by atoms with Crippen LogP contribution in [0.25, 0.3) is 0 Å². The zero-order valence-electron chi connectivity index (χ0n) is 12.8. The Morgan fingerprint density at radius 2 is 1.13 bits per heavy atom. The van der Waals surface area contributed by atoms with E-state index in [1.807, 2.05) is 0 Å². The Hall–Kier alpha value is -2.12. The van der Waals surface area contributed by atoms with Crippen LogP contribution in [0.2, 0.25) is 0 Å². The van der Waals surface area contributed by atoms with Crippen LogP contribution in [0.3, 0.4) is 0 Å². The Morgan fingerprint density at radius 1 is 0.696 bits per heavy atom. The van der Waals surface area contributed by atoms with Gasteiger partial charge in [-0.3, -0.25) is 19.2 Å². The van der Waals surface area contributed by atoms with E-state index < -0.39 is 41.6 Å². The molecule has 0 heterocycles. The van der Waals surface area contributed by atoms with Crippen molar-refractivity contribution in [2.45, 2.75) is 44.9 Å². The third-order valence-electron chi connectivity index (χ3n) is 3.74. The van der Waals surface area contributed by atoms with E-state index in [1.165, 1.54) is 0 Å². The van der Waals surface area contributed by atoms with Gasteiger partial charge in [-0.1, -0.05) is 32.6 Å². The van der Waals surface area contributed by atoms with Gasteiger partial charge in [-0.25, -0.2) is 0 Å². The van der Waals surface area contributed by atoms with Crippen molar-refractivity contribution in [3.8, 4) is 0 Å². The standard InChI is InChI=1S/C15H23O8/c1-2-3-6-9(11(14(20)21)15(22)23)7-4-5-8-10(12(16)17)13(18)19/h9-11H,1-8H2,(H,16,17)(H,18,19)(H,20,21)(H,22,23). The topological polar surface area (TPSA) is 149 Å². The van der Waals surface area contributed by atoms with Crippen LogP contribution >= 0.6 is 0 Å². The minimum atomic E-state index is -1.52. The molecule has 0 aromatic carbocycles. The van der Waals surface area contributed by atoms with Gasteiger partial charge in [0.1, 0.15) is 0 Å². The molecule has 0 aliphatic carbocycles. The summed E-state index contributed by atoms with van der Waals surface area (Å²) in [5.41, 5.74) is 0. The van der Waals surface area contributed by atoms with Gasteiger partial charge in [0.25, 0.3) is 0 Å². The summed E-state index contributed by atoms with van der Waals surface area (Å²) < 4.78 is 0. The van der Waals surface area contributed by atoms with E-state index in [1.54, 1.807) is 0 Å². The average molecular weight is 331 g/mol. The Balaban J connectivity index is 4.61. The molecular formula is C15H23O8. The number of carboxylic acid groups (broad SMARTS) is 4. The summed E-state index contributed by atoms with van der Waals surface area (Å²) in [5.74, 6) is -9.24. The molecule has 0 aromatic rings. The molecule has 1 radical (unpaired) electrons. The van der Waals surface area contributed by atoms with Crippen LogP contribution in [0.4, 0.5) is 0 Å². The molecule has 0 aliphatic rings. The molecule has 0 aliphatic heterocycles. The Labute approximate surface area is 134 Å². The van der Waals surface area contributed by atoms with E-state index in [0.717, 1.165) is 0 Å². The van der Waals surface area contributed by atoms with Crippen LogP contribution in [0, 0.1) is 24.7 Å². The fraction of sp³-hybridized carbons (Fsp3) is 0.667. The monoisotopic (exact) mass is 331 g/mol. The van der Waals surface area contributed by atoms with Crippen LogP contribution < -0.4 is 0 Å². The highest BCUT2D eigenvalue weighted by atomic mass is 16.4. The molecule has 1 atom stereocenters. The first kappa shape index (κ1) is 20.9. The smallest absolute Gasteiger partial charge is 0.318 e. The number of unbranched alkanes of at least 4 members (excludes halogenated alkanes) is 2. The minimum Gasteiger partial charge on any atom is -0.481 e. The van der Waals surface area contributed by atoms with Crippen LogP contribution in [-0.2, 0) is 19.2 Å². The normalized spacial score (nSPS) is 12.3. The second-order valence-corrected chi connectivity index (χ2v) is 5.42. The molecule has 0 saturated heterocycles. The molecule has 0 aromatic heterocycles. The number of hydrogen-bond acceptors (Lipinski definition) is 4. The molecule has 0 rings (SSSR count). The summed E-state index contributed by atoms with van der Waals surface area (Å²) in [4.78, 5) is 43.7. The van der Waals surface area contributed by atoms with E-state index in [-0.39, 0.29) is 19.3 Å². The highest BCUT2D eigenvalue weighted by Crippen LogP contribution is 2.26. The number of carbonyl (C=O) groups is 4. The third-order valence-corrected chi connectivity index (χ3v) is 3.74. The molecule has 0 bridgehead atoms. The molecule has 8 heteroatoms. The summed E-state index contributed by atoms with van der Waals surface area (Å²) in [5, 5.41) is 35.6. The average Bonchev–Trinajstić information content (AvgIpc) is 2.42. The lowest BCUT2D eigenvalue weighted by Gasteiger charge is -2.21. The SMILES string of the molecule is [CH2]CCCC(CCCCC(C(=O)O)C(=O)O)C(C(=O)O)C(=O)O. The number of carboxylic acids is 4. The van der Waals surface area contributed by atoms with Crippen molar-refractivity contribution in [3.63, 3.8) is 0 Å². The van der Waals surface area contributed by atoms with Gasteiger partial charge in [0.15, 0.2) is 11.8 Å². The summed E-state index contributed by atoms with van der Waals surface area (Å²) >= 11 is 0. The van der Waals surface area contributed by atoms with Gasteiger partial charge in [0, 0.05) is 0 Å². The molecule has 1 unspecified atom stereocenters. The van der Waals surface area contributed by atoms with Crippen molar-refractivity contribution in [2.75, 3.05) is 0 Å². The van der Waals surface area contributed by atoms with Crippen molar-refractivity contribution in [1.29, 1.82) is 0 Å². The lowest BCUT2D eigenvalue weighted by molar-refractivity contribution is -0.158. The summed E-state index contributed by atoms with van der Waals surface area (Å²) in [7, 11) is 0. The molecule has 0 saturated carbocycles. The lowest BCUT2D eigenvalue weighted by atomic mass is 9.83. The van der Waals surface area contributed by atoms with Gasteiger partial charge < -0.3 is 20.4 Å². The van der Waals surface area contributed by atoms with E-state index in [2.05, 4.69) is 6.92 Å². The number of hydrogen-bond donors (Lipinski definition) is 4. The van der Waals surface area contributed by atoms with E-state index >= 15 is 0 Å². The van der Waals surface area contributed by atoms with Crippen LogP contribution in [0.15, 0.2) is 0 Å². The largest absolute Gasteiger partial charge is 0.481 e. The molecule has 0 spiro atoms. The van der Waals surface area contributed by atoms with Crippen molar-refractivity contribution in [2.24, 2.45) is 17.8 Å². The fourth-order valence-corrected chi connectivity index (χ4v) is 2.50. The van der Waals surface area contributed by atoms with Crippen LogP contribution in [0.1, 0.15) is 44.9 Å². The van der Waals surface area contributed by atoms with Gasteiger partial charge in [0.2, 0.25) is 0 Å². The predicted octanol–water partition coefficient (Wildman–Crippen LogP) is 1.74. The first-order chi connectivity index (χ1) is 10.7. The fourth-order valence-electron chi connectivity index (χ4n) is 2.50. The van der Waals surface area contributed by atoms with Gasteiger partial charge >= 0.3 is 23.9 Å². The van der Waals surface area contributed by atoms with Crippen molar-refractivity contribution in [1.82, 2.24) is 0 Å². The second kappa shape index (κ2) is 10.6. The summed E-state index contributed by atoms with van der Waals surface area (Å²) in [6, 6.07) is 0. The Morgan fingerprint density at radius 3 is 1.52 bits per heavy atom. The van der Waals surface area contributed by atoms with E-state index in [4.69, 9.17) is 20.4 Å². The molecule has 23 heavy (non-hydrogen) atoms. The van der Waals surface area contributed by atoms with Crippen LogP contribution in [0.5, 0.6) is 0 Å². The molecule has 0 fully saturated rings. The lowest BCUT2D eigenvalue weighted by Crippen LogP contribution is -2.31. The minimum absolute atomic E-state index is 0.0719. The molecule has 0 amide bonds. The first-order valence-corrected chi connectivity index (χ1v) is 7.42.